The summed E-state index contributed by atoms with van der Waals surface area (Å²) in [5.41, 5.74) is 2.99. The van der Waals surface area contributed by atoms with E-state index in [1.807, 2.05) is 22.7 Å². The number of hydrogen-bond donors (Lipinski definition) is 0. The number of unbranched alkanes of at least 4 members (excludes halogenated alkanes) is 14. The summed E-state index contributed by atoms with van der Waals surface area (Å²) in [6.45, 7) is 4.60. The van der Waals surface area contributed by atoms with Gasteiger partial charge in [0.1, 0.15) is 0 Å². The summed E-state index contributed by atoms with van der Waals surface area (Å²) >= 11 is 3.93. The van der Waals surface area contributed by atoms with E-state index in [0.717, 1.165) is 0 Å². The third kappa shape index (κ3) is 7.76. The van der Waals surface area contributed by atoms with Crippen molar-refractivity contribution in [2.75, 3.05) is 0 Å². The molecule has 0 N–H and O–H groups in total. The molecule has 250 valence electrons. The number of rotatable bonds is 18. The number of benzene rings is 5. The fourth-order valence-corrected chi connectivity index (χ4v) is 10.2. The zero-order valence-corrected chi connectivity index (χ0v) is 31.1. The maximum atomic E-state index is 2.49. The van der Waals surface area contributed by atoms with E-state index >= 15 is 0 Å². The lowest BCUT2D eigenvalue weighted by Gasteiger charge is -2.05. The Hall–Kier alpha value is -2.94. The monoisotopic (exact) mass is 670 g/mol. The SMILES string of the molecule is CCCCCCCCCCc1ccc2cc3c(cc2c1)sc1cc2c(cc13)sc1cc3ccc(CCCCCCCCCC)cc3cc12. The molecule has 48 heavy (non-hydrogen) atoms. The van der Waals surface area contributed by atoms with Crippen LogP contribution in [0.3, 0.4) is 0 Å². The van der Waals surface area contributed by atoms with Crippen molar-refractivity contribution in [1.29, 1.82) is 0 Å². The van der Waals surface area contributed by atoms with Crippen molar-refractivity contribution < 1.29 is 0 Å². The van der Waals surface area contributed by atoms with Crippen LogP contribution < -0.4 is 0 Å². The Morgan fingerprint density at radius 2 is 0.688 bits per heavy atom. The molecule has 0 aliphatic heterocycles. The lowest BCUT2D eigenvalue weighted by atomic mass is 9.99. The molecule has 0 saturated heterocycles. The van der Waals surface area contributed by atoms with Gasteiger partial charge in [-0.25, -0.2) is 0 Å². The molecule has 0 amide bonds. The maximum absolute atomic E-state index is 2.49. The minimum Gasteiger partial charge on any atom is -0.135 e. The summed E-state index contributed by atoms with van der Waals surface area (Å²) in [4.78, 5) is 0. The van der Waals surface area contributed by atoms with Gasteiger partial charge in [0.2, 0.25) is 0 Å². The second kappa shape index (κ2) is 16.2. The minimum absolute atomic E-state index is 1.20. The van der Waals surface area contributed by atoms with Crippen molar-refractivity contribution in [1.82, 2.24) is 0 Å². The largest absolute Gasteiger partial charge is 0.135 e. The molecular formula is C46H54S2. The Morgan fingerprint density at radius 3 is 1.19 bits per heavy atom. The van der Waals surface area contributed by atoms with Gasteiger partial charge in [-0.3, -0.25) is 0 Å². The molecule has 0 aliphatic rings. The van der Waals surface area contributed by atoms with Crippen LogP contribution in [-0.4, -0.2) is 0 Å². The van der Waals surface area contributed by atoms with E-state index in [0.29, 0.717) is 0 Å². The van der Waals surface area contributed by atoms with Crippen LogP contribution in [-0.2, 0) is 12.8 Å². The number of aryl methyl sites for hydroxylation is 2. The first-order valence-corrected chi connectivity index (χ1v) is 21.0. The van der Waals surface area contributed by atoms with Crippen LogP contribution in [0, 0.1) is 0 Å². The lowest BCUT2D eigenvalue weighted by molar-refractivity contribution is 0.575. The van der Waals surface area contributed by atoms with Gasteiger partial charge in [-0.1, -0.05) is 140 Å². The highest BCUT2D eigenvalue weighted by Crippen LogP contribution is 2.43. The van der Waals surface area contributed by atoms with Gasteiger partial charge in [-0.2, -0.15) is 0 Å². The molecular weight excluding hydrogens is 617 g/mol. The summed E-state index contributed by atoms with van der Waals surface area (Å²) < 4.78 is 5.65. The summed E-state index contributed by atoms with van der Waals surface area (Å²) in [6.07, 6.45) is 24.5. The van der Waals surface area contributed by atoms with Crippen LogP contribution in [0.15, 0.2) is 72.8 Å². The van der Waals surface area contributed by atoms with Gasteiger partial charge in [0.25, 0.3) is 0 Å². The molecule has 5 aromatic carbocycles. The van der Waals surface area contributed by atoms with Crippen molar-refractivity contribution >= 4 is 84.6 Å². The van der Waals surface area contributed by atoms with Crippen molar-refractivity contribution in [2.24, 2.45) is 0 Å². The van der Waals surface area contributed by atoms with E-state index in [-0.39, 0.29) is 0 Å². The molecule has 0 aliphatic carbocycles. The topological polar surface area (TPSA) is 0 Å². The molecule has 7 rings (SSSR count). The van der Waals surface area contributed by atoms with Crippen LogP contribution in [0.1, 0.15) is 128 Å². The fraction of sp³-hybridized carbons (Fsp3) is 0.435. The lowest BCUT2D eigenvalue weighted by Crippen LogP contribution is -1.87. The highest BCUT2D eigenvalue weighted by atomic mass is 32.1. The normalized spacial score (nSPS) is 12.2. The first-order chi connectivity index (χ1) is 23.7. The van der Waals surface area contributed by atoms with E-state index in [1.165, 1.54) is 189 Å². The number of thiophene rings is 2. The average molecular weight is 671 g/mol. The highest BCUT2D eigenvalue weighted by molar-refractivity contribution is 7.27. The van der Waals surface area contributed by atoms with Crippen LogP contribution in [0.2, 0.25) is 0 Å². The van der Waals surface area contributed by atoms with Crippen LogP contribution >= 0.6 is 22.7 Å². The van der Waals surface area contributed by atoms with E-state index in [1.54, 1.807) is 0 Å². The van der Waals surface area contributed by atoms with Crippen molar-refractivity contribution in [3.05, 3.63) is 83.9 Å². The van der Waals surface area contributed by atoms with Gasteiger partial charge in [0.15, 0.2) is 0 Å². The van der Waals surface area contributed by atoms with Crippen LogP contribution in [0.4, 0.5) is 0 Å². The van der Waals surface area contributed by atoms with Gasteiger partial charge in [-0.05, 0) is 94.8 Å². The number of hydrogen-bond acceptors (Lipinski definition) is 2. The van der Waals surface area contributed by atoms with Crippen molar-refractivity contribution in [3.8, 4) is 0 Å². The van der Waals surface area contributed by atoms with Gasteiger partial charge >= 0.3 is 0 Å². The first-order valence-electron chi connectivity index (χ1n) is 19.4. The van der Waals surface area contributed by atoms with E-state index in [2.05, 4.69) is 86.6 Å². The number of fused-ring (bicyclic) bond motifs is 8. The zero-order chi connectivity index (χ0) is 32.7. The van der Waals surface area contributed by atoms with E-state index < -0.39 is 0 Å². The molecule has 0 radical (unpaired) electrons. The first kappa shape index (κ1) is 33.6. The smallest absolute Gasteiger partial charge is 0.0362 e. The molecule has 0 bridgehead atoms. The van der Waals surface area contributed by atoms with Gasteiger partial charge in [0.05, 0.1) is 0 Å². The van der Waals surface area contributed by atoms with Gasteiger partial charge < -0.3 is 0 Å². The molecule has 0 fully saturated rings. The minimum atomic E-state index is 1.20. The van der Waals surface area contributed by atoms with Crippen molar-refractivity contribution in [2.45, 2.75) is 129 Å². The molecule has 7 aromatic rings. The molecule has 2 heteroatoms. The third-order valence-corrected chi connectivity index (χ3v) is 13.0. The Kier molecular flexibility index (Phi) is 11.3. The summed E-state index contributed by atoms with van der Waals surface area (Å²) in [5.74, 6) is 0. The predicted molar refractivity (Wildman–Crippen MR) is 220 cm³/mol. The predicted octanol–water partition coefficient (Wildman–Crippen LogP) is 16.1. The Bertz CT molecular complexity index is 2120. The Morgan fingerprint density at radius 1 is 0.333 bits per heavy atom. The van der Waals surface area contributed by atoms with Gasteiger partial charge in [0, 0.05) is 40.3 Å². The Labute approximate surface area is 296 Å². The molecule has 2 aromatic heterocycles. The molecule has 0 unspecified atom stereocenters. The van der Waals surface area contributed by atoms with E-state index in [4.69, 9.17) is 0 Å². The zero-order valence-electron chi connectivity index (χ0n) is 29.5. The molecule has 0 nitrogen and oxygen atoms in total. The van der Waals surface area contributed by atoms with Crippen LogP contribution in [0.5, 0.6) is 0 Å². The third-order valence-electron chi connectivity index (χ3n) is 10.7. The highest BCUT2D eigenvalue weighted by Gasteiger charge is 2.13. The quantitative estimate of drug-likeness (QED) is 0.0797. The van der Waals surface area contributed by atoms with Gasteiger partial charge in [-0.15, -0.1) is 22.7 Å². The molecule has 0 spiro atoms. The Balaban J connectivity index is 1.07. The average Bonchev–Trinajstić information content (AvgIpc) is 3.63. The summed E-state index contributed by atoms with van der Waals surface area (Å²) in [5, 5.41) is 11.2. The summed E-state index contributed by atoms with van der Waals surface area (Å²) in [6, 6.07) is 29.2. The maximum Gasteiger partial charge on any atom is 0.0362 e. The fourth-order valence-electron chi connectivity index (χ4n) is 7.87. The second-order valence-electron chi connectivity index (χ2n) is 14.6. The molecule has 2 heterocycles. The van der Waals surface area contributed by atoms with Crippen LogP contribution in [0.25, 0.3) is 61.9 Å². The molecule has 0 atom stereocenters. The standard InChI is InChI=1S/C46H54S2/c1-3-5-7-9-11-13-15-17-19-33-22-24-36-29-43-40(28-37(36)25-33)42-32-45-41(31-46(42)47-43)39-27-35-23-21-34(26-38(35)30-44(39)48-45)20-18-16-14-12-10-8-6-4-2/h21-32H,3-20H2,1-2H3. The van der Waals surface area contributed by atoms with E-state index in [9.17, 15) is 0 Å². The second-order valence-corrected chi connectivity index (χ2v) is 16.7. The summed E-state index contributed by atoms with van der Waals surface area (Å²) in [7, 11) is 0. The molecule has 0 saturated carbocycles. The van der Waals surface area contributed by atoms with Crippen molar-refractivity contribution in [3.63, 3.8) is 0 Å².